The summed E-state index contributed by atoms with van der Waals surface area (Å²) in [6.45, 7) is 0. The van der Waals surface area contributed by atoms with Crippen molar-refractivity contribution in [1.82, 2.24) is 0 Å². The monoisotopic (exact) mass is 338 g/mol. The van der Waals surface area contributed by atoms with Crippen LogP contribution in [0.1, 0.15) is 0 Å². The first-order valence-corrected chi connectivity index (χ1v) is 8.10. The predicted molar refractivity (Wildman–Crippen MR) is 92.5 cm³/mol. The van der Waals surface area contributed by atoms with Gasteiger partial charge in [-0.3, -0.25) is 0 Å². The Hall–Kier alpha value is -1.64. The molecule has 0 unspecified atom stereocenters. The molecule has 0 fully saturated rings. The van der Waals surface area contributed by atoms with Gasteiger partial charge in [-0.05, 0) is 35.4 Å². The molecule has 0 nitrogen and oxygen atoms in total. The molecule has 3 aromatic carbocycles. The highest BCUT2D eigenvalue weighted by Gasteiger charge is 2.09. The van der Waals surface area contributed by atoms with E-state index in [4.69, 9.17) is 0 Å². The van der Waals surface area contributed by atoms with Crippen LogP contribution in [0.25, 0.3) is 31.3 Å². The summed E-state index contributed by atoms with van der Waals surface area (Å²) in [5.74, 6) is 0. The van der Waals surface area contributed by atoms with Crippen LogP contribution in [0.15, 0.2) is 71.2 Å². The van der Waals surface area contributed by atoms with Gasteiger partial charge < -0.3 is 0 Å². The number of hydrogen-bond donors (Lipinski definition) is 0. The zero-order valence-corrected chi connectivity index (χ0v) is 13.0. The van der Waals surface area contributed by atoms with Crippen molar-refractivity contribution in [1.29, 1.82) is 0 Å². The van der Waals surface area contributed by atoms with Gasteiger partial charge in [0.25, 0.3) is 0 Å². The van der Waals surface area contributed by atoms with E-state index in [1.807, 2.05) is 11.3 Å². The molecule has 20 heavy (non-hydrogen) atoms. The average Bonchev–Trinajstić information content (AvgIpc) is 2.87. The van der Waals surface area contributed by atoms with Gasteiger partial charge in [-0.2, -0.15) is 0 Å². The van der Waals surface area contributed by atoms with Gasteiger partial charge in [-0.15, -0.1) is 11.3 Å². The number of rotatable bonds is 1. The van der Waals surface area contributed by atoms with E-state index in [1.54, 1.807) is 0 Å². The third-order valence-electron chi connectivity index (χ3n) is 3.55. The molecular weight excluding hydrogens is 328 g/mol. The maximum atomic E-state index is 3.68. The fourth-order valence-electron chi connectivity index (χ4n) is 2.59. The third kappa shape index (κ3) is 1.88. The van der Waals surface area contributed by atoms with E-state index in [-0.39, 0.29) is 0 Å². The van der Waals surface area contributed by atoms with E-state index < -0.39 is 0 Å². The van der Waals surface area contributed by atoms with Crippen LogP contribution < -0.4 is 0 Å². The van der Waals surface area contributed by atoms with Crippen LogP contribution >= 0.6 is 27.3 Å². The number of hydrogen-bond acceptors (Lipinski definition) is 1. The lowest BCUT2D eigenvalue weighted by Crippen LogP contribution is -1.76. The Morgan fingerprint density at radius 1 is 0.700 bits per heavy atom. The molecule has 0 radical (unpaired) electrons. The van der Waals surface area contributed by atoms with Crippen molar-refractivity contribution >= 4 is 47.4 Å². The van der Waals surface area contributed by atoms with Gasteiger partial charge in [0.05, 0.1) is 0 Å². The fourth-order valence-corrected chi connectivity index (χ4v) is 4.42. The Morgan fingerprint density at radius 2 is 1.55 bits per heavy atom. The maximum Gasteiger partial charge on any atom is 0.0366 e. The zero-order chi connectivity index (χ0) is 13.5. The highest BCUT2D eigenvalue weighted by atomic mass is 79.9. The first-order valence-electron chi connectivity index (χ1n) is 6.49. The maximum absolute atomic E-state index is 3.68. The number of halogens is 1. The van der Waals surface area contributed by atoms with Gasteiger partial charge >= 0.3 is 0 Å². The summed E-state index contributed by atoms with van der Waals surface area (Å²) in [5, 5.41) is 2.66. The fraction of sp³-hybridized carbons (Fsp3) is 0. The Labute approximate surface area is 129 Å². The molecule has 1 heterocycles. The van der Waals surface area contributed by atoms with Crippen molar-refractivity contribution in [2.75, 3.05) is 0 Å². The molecule has 4 rings (SSSR count). The zero-order valence-electron chi connectivity index (χ0n) is 10.6. The van der Waals surface area contributed by atoms with Crippen molar-refractivity contribution in [3.8, 4) is 11.1 Å². The highest BCUT2D eigenvalue weighted by molar-refractivity contribution is 9.10. The Morgan fingerprint density at radius 3 is 2.40 bits per heavy atom. The second-order valence-electron chi connectivity index (χ2n) is 4.79. The molecule has 0 bridgehead atoms. The van der Waals surface area contributed by atoms with Crippen LogP contribution in [-0.2, 0) is 0 Å². The Kier molecular flexibility index (Phi) is 2.86. The van der Waals surface area contributed by atoms with E-state index in [0.29, 0.717) is 0 Å². The van der Waals surface area contributed by atoms with Gasteiger partial charge in [0.2, 0.25) is 0 Å². The van der Waals surface area contributed by atoms with Crippen LogP contribution in [0.4, 0.5) is 0 Å². The smallest absolute Gasteiger partial charge is 0.0366 e. The summed E-state index contributed by atoms with van der Waals surface area (Å²) in [6, 6.07) is 23.7. The molecule has 0 saturated heterocycles. The lowest BCUT2D eigenvalue weighted by Gasteiger charge is -2.02. The molecule has 1 aromatic heterocycles. The molecule has 0 aliphatic heterocycles. The van der Waals surface area contributed by atoms with Gasteiger partial charge in [-0.25, -0.2) is 0 Å². The molecule has 2 heteroatoms. The molecule has 0 N–H and O–H groups in total. The van der Waals surface area contributed by atoms with Gasteiger partial charge in [0, 0.05) is 24.6 Å². The van der Waals surface area contributed by atoms with Crippen molar-refractivity contribution < 1.29 is 0 Å². The summed E-state index contributed by atoms with van der Waals surface area (Å²) in [5.41, 5.74) is 2.54. The van der Waals surface area contributed by atoms with Crippen molar-refractivity contribution in [3.05, 3.63) is 71.2 Å². The lowest BCUT2D eigenvalue weighted by molar-refractivity contribution is 1.66. The topological polar surface area (TPSA) is 0 Å². The van der Waals surface area contributed by atoms with Gasteiger partial charge in [0.15, 0.2) is 0 Å². The highest BCUT2D eigenvalue weighted by Crippen LogP contribution is 2.39. The summed E-state index contributed by atoms with van der Waals surface area (Å²) >= 11 is 5.53. The molecule has 96 valence electrons. The predicted octanol–water partition coefficient (Wildman–Crippen LogP) is 6.48. The van der Waals surface area contributed by atoms with Gasteiger partial charge in [0.1, 0.15) is 0 Å². The van der Waals surface area contributed by atoms with Crippen molar-refractivity contribution in [2.24, 2.45) is 0 Å². The van der Waals surface area contributed by atoms with E-state index >= 15 is 0 Å². The van der Waals surface area contributed by atoms with E-state index in [2.05, 4.69) is 82.7 Å². The standard InChI is InChI=1S/C18H11BrS/c19-15-7-4-8-17-18(15)14-11-13(9-10-16(14)20-17)12-5-2-1-3-6-12/h1-11H. The van der Waals surface area contributed by atoms with Crippen LogP contribution in [0, 0.1) is 0 Å². The number of thiophene rings is 1. The Balaban J connectivity index is 2.06. The minimum Gasteiger partial charge on any atom is -0.135 e. The van der Waals surface area contributed by atoms with E-state index in [9.17, 15) is 0 Å². The van der Waals surface area contributed by atoms with Crippen molar-refractivity contribution in [3.63, 3.8) is 0 Å². The normalized spacial score (nSPS) is 11.2. The van der Waals surface area contributed by atoms with Crippen LogP contribution in [0.3, 0.4) is 0 Å². The second-order valence-corrected chi connectivity index (χ2v) is 6.73. The summed E-state index contributed by atoms with van der Waals surface area (Å²) < 4.78 is 3.85. The molecular formula is C18H11BrS. The average molecular weight is 339 g/mol. The van der Waals surface area contributed by atoms with E-state index in [1.165, 1.54) is 35.8 Å². The summed E-state index contributed by atoms with van der Waals surface area (Å²) in [4.78, 5) is 0. The van der Waals surface area contributed by atoms with Crippen LogP contribution in [0.2, 0.25) is 0 Å². The van der Waals surface area contributed by atoms with Crippen LogP contribution in [0.5, 0.6) is 0 Å². The molecule has 0 amide bonds. The van der Waals surface area contributed by atoms with Crippen molar-refractivity contribution in [2.45, 2.75) is 0 Å². The minimum atomic E-state index is 1.17. The molecule has 4 aromatic rings. The molecule has 0 spiro atoms. The first-order chi connectivity index (χ1) is 9.83. The molecule has 0 saturated carbocycles. The summed E-state index contributed by atoms with van der Waals surface area (Å²) in [7, 11) is 0. The van der Waals surface area contributed by atoms with Gasteiger partial charge in [-0.1, -0.05) is 58.4 Å². The number of fused-ring (bicyclic) bond motifs is 3. The quantitative estimate of drug-likeness (QED) is 0.372. The molecule has 0 aliphatic rings. The Bertz CT molecular complexity index is 907. The molecule has 0 atom stereocenters. The van der Waals surface area contributed by atoms with E-state index in [0.717, 1.165) is 0 Å². The first kappa shape index (κ1) is 12.1. The number of benzene rings is 3. The SMILES string of the molecule is Brc1cccc2sc3ccc(-c4ccccc4)cc3c12. The summed E-state index contributed by atoms with van der Waals surface area (Å²) in [6.07, 6.45) is 0. The lowest BCUT2D eigenvalue weighted by atomic mass is 10.0. The third-order valence-corrected chi connectivity index (χ3v) is 5.35. The minimum absolute atomic E-state index is 1.17. The van der Waals surface area contributed by atoms with Crippen LogP contribution in [-0.4, -0.2) is 0 Å². The second kappa shape index (κ2) is 4.72. The largest absolute Gasteiger partial charge is 0.135 e. The molecule has 0 aliphatic carbocycles.